The highest BCUT2D eigenvalue weighted by molar-refractivity contribution is 7.89. The highest BCUT2D eigenvalue weighted by Crippen LogP contribution is 2.14. The molecule has 24 heavy (non-hydrogen) atoms. The first-order valence-electron chi connectivity index (χ1n) is 6.61. The minimum atomic E-state index is -3.88. The maximum Gasteiger partial charge on any atom is 0.338 e. The van der Waals surface area contributed by atoms with Crippen molar-refractivity contribution in [2.24, 2.45) is 5.14 Å². The number of sulfonamides is 1. The minimum Gasteiger partial charge on any atom is -0.452 e. The minimum absolute atomic E-state index is 0.142. The number of hydrogen-bond acceptors (Lipinski definition) is 5. The normalized spacial score (nSPS) is 10.9. The van der Waals surface area contributed by atoms with Crippen molar-refractivity contribution >= 4 is 39.2 Å². The Bertz CT molecular complexity index is 883. The average Bonchev–Trinajstić information content (AvgIpc) is 2.52. The van der Waals surface area contributed by atoms with E-state index in [2.05, 4.69) is 5.32 Å². The number of esters is 1. The third-order valence-electron chi connectivity index (χ3n) is 2.84. The van der Waals surface area contributed by atoms with Crippen LogP contribution in [0.1, 0.15) is 10.4 Å². The van der Waals surface area contributed by atoms with Crippen LogP contribution in [0, 0.1) is 0 Å². The van der Waals surface area contributed by atoms with Crippen LogP contribution >= 0.6 is 11.6 Å². The molecule has 2 aromatic rings. The fourth-order valence-corrected chi connectivity index (χ4v) is 2.53. The van der Waals surface area contributed by atoms with Gasteiger partial charge in [0.15, 0.2) is 6.61 Å². The lowest BCUT2D eigenvalue weighted by molar-refractivity contribution is -0.119. The van der Waals surface area contributed by atoms with Crippen molar-refractivity contribution in [2.45, 2.75) is 4.90 Å². The van der Waals surface area contributed by atoms with Crippen molar-refractivity contribution in [3.63, 3.8) is 0 Å². The maximum atomic E-state index is 11.8. The zero-order valence-corrected chi connectivity index (χ0v) is 13.8. The van der Waals surface area contributed by atoms with E-state index >= 15 is 0 Å². The molecule has 2 rings (SSSR count). The van der Waals surface area contributed by atoms with Crippen LogP contribution in [-0.2, 0) is 19.6 Å². The second kappa shape index (κ2) is 7.43. The molecule has 9 heteroatoms. The van der Waals surface area contributed by atoms with E-state index in [-0.39, 0.29) is 16.1 Å². The van der Waals surface area contributed by atoms with Crippen LogP contribution in [0.3, 0.4) is 0 Å². The summed E-state index contributed by atoms with van der Waals surface area (Å²) in [5.74, 6) is -1.33. The molecule has 0 aliphatic rings. The number of amides is 1. The molecule has 0 bridgehead atoms. The van der Waals surface area contributed by atoms with E-state index in [0.717, 1.165) is 0 Å². The molecule has 3 N–H and O–H groups in total. The van der Waals surface area contributed by atoms with Crippen LogP contribution < -0.4 is 10.5 Å². The van der Waals surface area contributed by atoms with Gasteiger partial charge in [0.25, 0.3) is 5.91 Å². The van der Waals surface area contributed by atoms with Crippen LogP contribution in [-0.4, -0.2) is 26.9 Å². The largest absolute Gasteiger partial charge is 0.452 e. The summed E-state index contributed by atoms with van der Waals surface area (Å²) < 4.78 is 27.4. The van der Waals surface area contributed by atoms with Crippen LogP contribution in [0.2, 0.25) is 5.02 Å². The Labute approximate surface area is 143 Å². The first-order chi connectivity index (χ1) is 11.3. The standard InChI is InChI=1S/C15H13ClN2O5S/c16-11-4-1-3-10(7-11)15(20)23-9-14(19)18-12-5-2-6-13(8-12)24(17,21)22/h1-8H,9H2,(H,18,19)(H2,17,21,22). The second-order valence-corrected chi connectivity index (χ2v) is 6.71. The molecule has 0 aromatic heterocycles. The third kappa shape index (κ3) is 5.05. The van der Waals surface area contributed by atoms with Gasteiger partial charge in [-0.05, 0) is 36.4 Å². The van der Waals surface area contributed by atoms with Gasteiger partial charge in [0.1, 0.15) is 0 Å². The molecule has 126 valence electrons. The monoisotopic (exact) mass is 368 g/mol. The number of anilines is 1. The van der Waals surface area contributed by atoms with Crippen molar-refractivity contribution in [2.75, 3.05) is 11.9 Å². The summed E-state index contributed by atoms with van der Waals surface area (Å²) in [4.78, 5) is 23.4. The number of carbonyl (C=O) groups is 2. The van der Waals surface area contributed by atoms with Crippen LogP contribution in [0.15, 0.2) is 53.4 Å². The summed E-state index contributed by atoms with van der Waals surface area (Å²) in [5.41, 5.74) is 0.428. The van der Waals surface area contributed by atoms with Crippen molar-refractivity contribution in [1.82, 2.24) is 0 Å². The Morgan fingerprint density at radius 2 is 1.83 bits per heavy atom. The number of nitrogens with two attached hydrogens (primary N) is 1. The average molecular weight is 369 g/mol. The number of halogens is 1. The number of ether oxygens (including phenoxy) is 1. The molecule has 1 amide bonds. The molecule has 0 radical (unpaired) electrons. The van der Waals surface area contributed by atoms with Gasteiger partial charge in [-0.2, -0.15) is 0 Å². The van der Waals surface area contributed by atoms with E-state index in [1.165, 1.54) is 36.4 Å². The molecule has 0 aliphatic carbocycles. The fraction of sp³-hybridized carbons (Fsp3) is 0.0667. The molecular formula is C15H13ClN2O5S. The molecule has 0 unspecified atom stereocenters. The Morgan fingerprint density at radius 3 is 2.50 bits per heavy atom. The van der Waals surface area contributed by atoms with E-state index in [9.17, 15) is 18.0 Å². The summed E-state index contributed by atoms with van der Waals surface area (Å²) in [7, 11) is -3.88. The van der Waals surface area contributed by atoms with E-state index in [1.54, 1.807) is 12.1 Å². The number of benzene rings is 2. The molecule has 0 spiro atoms. The number of nitrogens with one attached hydrogen (secondary N) is 1. The molecule has 0 saturated heterocycles. The van der Waals surface area contributed by atoms with Crippen molar-refractivity contribution < 1.29 is 22.7 Å². The Morgan fingerprint density at radius 1 is 1.12 bits per heavy atom. The molecule has 0 heterocycles. The fourth-order valence-electron chi connectivity index (χ4n) is 1.78. The molecule has 0 fully saturated rings. The van der Waals surface area contributed by atoms with Gasteiger partial charge < -0.3 is 10.1 Å². The lowest BCUT2D eigenvalue weighted by atomic mass is 10.2. The van der Waals surface area contributed by atoms with Crippen molar-refractivity contribution in [3.8, 4) is 0 Å². The number of primary sulfonamides is 1. The van der Waals surface area contributed by atoms with Gasteiger partial charge in [-0.3, -0.25) is 4.79 Å². The second-order valence-electron chi connectivity index (χ2n) is 4.71. The predicted octanol–water partition coefficient (Wildman–Crippen LogP) is 1.78. The van der Waals surface area contributed by atoms with Crippen LogP contribution in [0.4, 0.5) is 5.69 Å². The topological polar surface area (TPSA) is 116 Å². The maximum absolute atomic E-state index is 11.8. The van der Waals surface area contributed by atoms with E-state index in [4.69, 9.17) is 21.5 Å². The van der Waals surface area contributed by atoms with E-state index < -0.39 is 28.5 Å². The first-order valence-corrected chi connectivity index (χ1v) is 8.53. The van der Waals surface area contributed by atoms with Crippen LogP contribution in [0.25, 0.3) is 0 Å². The molecule has 7 nitrogen and oxygen atoms in total. The highest BCUT2D eigenvalue weighted by Gasteiger charge is 2.12. The first kappa shape index (κ1) is 17.9. The summed E-state index contributed by atoms with van der Waals surface area (Å²) in [5, 5.41) is 7.79. The summed E-state index contributed by atoms with van der Waals surface area (Å²) in [6.45, 7) is -0.537. The zero-order chi connectivity index (χ0) is 17.7. The van der Waals surface area contributed by atoms with Gasteiger partial charge in [-0.1, -0.05) is 23.7 Å². The molecular weight excluding hydrogens is 356 g/mol. The van der Waals surface area contributed by atoms with Gasteiger partial charge in [-0.15, -0.1) is 0 Å². The van der Waals surface area contributed by atoms with Gasteiger partial charge in [-0.25, -0.2) is 18.4 Å². The lowest BCUT2D eigenvalue weighted by Gasteiger charge is -2.08. The molecule has 2 aromatic carbocycles. The number of carbonyl (C=O) groups excluding carboxylic acids is 2. The Balaban J connectivity index is 1.95. The smallest absolute Gasteiger partial charge is 0.338 e. The molecule has 0 saturated carbocycles. The SMILES string of the molecule is NS(=O)(=O)c1cccc(NC(=O)COC(=O)c2cccc(Cl)c2)c1. The molecule has 0 atom stereocenters. The summed E-state index contributed by atoms with van der Waals surface area (Å²) in [6.07, 6.45) is 0. The van der Waals surface area contributed by atoms with Crippen molar-refractivity contribution in [1.29, 1.82) is 0 Å². The van der Waals surface area contributed by atoms with Gasteiger partial charge in [0, 0.05) is 10.7 Å². The predicted molar refractivity (Wildman–Crippen MR) is 88.2 cm³/mol. The number of rotatable bonds is 5. The van der Waals surface area contributed by atoms with Crippen LogP contribution in [0.5, 0.6) is 0 Å². The van der Waals surface area contributed by atoms with Gasteiger partial charge >= 0.3 is 5.97 Å². The number of hydrogen-bond donors (Lipinski definition) is 2. The molecule has 0 aliphatic heterocycles. The highest BCUT2D eigenvalue weighted by atomic mass is 35.5. The lowest BCUT2D eigenvalue weighted by Crippen LogP contribution is -2.21. The summed E-state index contributed by atoms with van der Waals surface area (Å²) >= 11 is 5.76. The zero-order valence-electron chi connectivity index (χ0n) is 12.2. The third-order valence-corrected chi connectivity index (χ3v) is 3.99. The quantitative estimate of drug-likeness (QED) is 0.780. The van der Waals surface area contributed by atoms with Gasteiger partial charge in [0.2, 0.25) is 10.0 Å². The van der Waals surface area contributed by atoms with E-state index in [0.29, 0.717) is 5.02 Å². The van der Waals surface area contributed by atoms with E-state index in [1.807, 2.05) is 0 Å². The van der Waals surface area contributed by atoms with Crippen molar-refractivity contribution in [3.05, 3.63) is 59.1 Å². The van der Waals surface area contributed by atoms with Gasteiger partial charge in [0.05, 0.1) is 10.5 Å². The summed E-state index contributed by atoms with van der Waals surface area (Å²) in [6, 6.07) is 11.5. The Kier molecular flexibility index (Phi) is 5.55. The Hall–Kier alpha value is -2.42.